The first-order valence-corrected chi connectivity index (χ1v) is 7.38. The molecule has 2 N–H and O–H groups in total. The van der Waals surface area contributed by atoms with Gasteiger partial charge >= 0.3 is 5.69 Å². The highest BCUT2D eigenvalue weighted by atomic mass is 19.1. The molecule has 130 valence electrons. The van der Waals surface area contributed by atoms with E-state index in [-0.39, 0.29) is 23.8 Å². The van der Waals surface area contributed by atoms with Crippen molar-refractivity contribution in [2.45, 2.75) is 6.42 Å². The number of imidazole rings is 1. The van der Waals surface area contributed by atoms with Crippen molar-refractivity contribution >= 4 is 22.4 Å². The number of anilines is 1. The number of hydrogen-bond acceptors (Lipinski definition) is 5. The number of nitro groups is 1. The Kier molecular flexibility index (Phi) is 4.46. The number of nitro benzene ring substituents is 1. The molecule has 0 spiro atoms. The van der Waals surface area contributed by atoms with Gasteiger partial charge in [-0.05, 0) is 18.2 Å². The van der Waals surface area contributed by atoms with Gasteiger partial charge in [0, 0.05) is 25.1 Å². The molecule has 0 bridgehead atoms. The molecule has 1 heterocycles. The Morgan fingerprint density at radius 3 is 2.84 bits per heavy atom. The number of H-pyrrole nitrogens is 1. The lowest BCUT2D eigenvalue weighted by atomic mass is 10.2. The lowest BCUT2D eigenvalue weighted by molar-refractivity contribution is -0.386. The molecule has 3 aromatic rings. The van der Waals surface area contributed by atoms with E-state index in [0.717, 1.165) is 6.07 Å². The Morgan fingerprint density at radius 2 is 2.12 bits per heavy atom. The van der Waals surface area contributed by atoms with Crippen LogP contribution in [0.2, 0.25) is 0 Å². The number of nitrogens with zero attached hydrogens (tertiary/aromatic N) is 2. The van der Waals surface area contributed by atoms with Crippen molar-refractivity contribution in [1.82, 2.24) is 9.97 Å². The Hall–Kier alpha value is -3.23. The molecule has 0 radical (unpaired) electrons. The normalized spacial score (nSPS) is 10.8. The van der Waals surface area contributed by atoms with Crippen molar-refractivity contribution in [3.8, 4) is 5.75 Å². The standard InChI is InChI=1S/C16H14F2N4O3/c1-25-10-7-11(18)16(22(23)24)14(8-10)19-5-4-15-20-12-3-2-9(17)6-13(12)21-15/h2-3,6-8,19H,4-5H2,1H3,(H,20,21). The average Bonchev–Trinajstić information content (AvgIpc) is 2.95. The summed E-state index contributed by atoms with van der Waals surface area (Å²) in [6, 6.07) is 6.52. The van der Waals surface area contributed by atoms with E-state index in [1.165, 1.54) is 25.3 Å². The summed E-state index contributed by atoms with van der Waals surface area (Å²) >= 11 is 0. The molecule has 0 unspecified atom stereocenters. The summed E-state index contributed by atoms with van der Waals surface area (Å²) in [5, 5.41) is 13.9. The fourth-order valence-electron chi connectivity index (χ4n) is 2.48. The molecule has 0 aliphatic heterocycles. The van der Waals surface area contributed by atoms with Crippen LogP contribution in [0.3, 0.4) is 0 Å². The molecule has 0 fully saturated rings. The predicted octanol–water partition coefficient (Wildman–Crippen LogP) is 3.41. The van der Waals surface area contributed by atoms with Gasteiger partial charge in [0.25, 0.3) is 0 Å². The second-order valence-electron chi connectivity index (χ2n) is 5.28. The number of rotatable bonds is 6. The second kappa shape index (κ2) is 6.71. The second-order valence-corrected chi connectivity index (χ2v) is 5.28. The first-order valence-electron chi connectivity index (χ1n) is 7.38. The molecule has 0 aliphatic rings. The van der Waals surface area contributed by atoms with Crippen LogP contribution in [-0.4, -0.2) is 28.5 Å². The number of nitrogens with one attached hydrogen (secondary N) is 2. The molecule has 9 heteroatoms. The lowest BCUT2D eigenvalue weighted by Gasteiger charge is -2.09. The van der Waals surface area contributed by atoms with Crippen LogP contribution in [-0.2, 0) is 6.42 Å². The topological polar surface area (TPSA) is 93.1 Å². The molecule has 0 saturated heterocycles. The maximum atomic E-state index is 13.9. The van der Waals surface area contributed by atoms with Gasteiger partial charge in [0.15, 0.2) is 0 Å². The number of ether oxygens (including phenoxy) is 1. The van der Waals surface area contributed by atoms with Crippen LogP contribution in [0.5, 0.6) is 5.75 Å². The van der Waals surface area contributed by atoms with E-state index in [1.807, 2.05) is 0 Å². The predicted molar refractivity (Wildman–Crippen MR) is 87.9 cm³/mol. The number of methoxy groups -OCH3 is 1. The highest BCUT2D eigenvalue weighted by Gasteiger charge is 2.22. The van der Waals surface area contributed by atoms with Gasteiger partial charge in [-0.25, -0.2) is 9.37 Å². The van der Waals surface area contributed by atoms with Crippen LogP contribution >= 0.6 is 0 Å². The summed E-state index contributed by atoms with van der Waals surface area (Å²) in [5.74, 6) is -0.599. The average molecular weight is 348 g/mol. The van der Waals surface area contributed by atoms with Crippen LogP contribution < -0.4 is 10.1 Å². The molecule has 1 aromatic heterocycles. The molecule has 0 aliphatic carbocycles. The van der Waals surface area contributed by atoms with Crippen LogP contribution in [0.4, 0.5) is 20.2 Å². The Bertz CT molecular complexity index is 943. The highest BCUT2D eigenvalue weighted by Crippen LogP contribution is 2.32. The summed E-state index contributed by atoms with van der Waals surface area (Å²) in [7, 11) is 1.35. The van der Waals surface area contributed by atoms with Crippen LogP contribution in [0, 0.1) is 21.7 Å². The number of benzene rings is 2. The van der Waals surface area contributed by atoms with Gasteiger partial charge in [0.1, 0.15) is 23.1 Å². The number of fused-ring (bicyclic) bond motifs is 1. The van der Waals surface area contributed by atoms with Crippen LogP contribution in [0.1, 0.15) is 5.82 Å². The van der Waals surface area contributed by atoms with Crippen molar-refractivity contribution in [1.29, 1.82) is 0 Å². The third-order valence-corrected chi connectivity index (χ3v) is 3.63. The zero-order chi connectivity index (χ0) is 18.0. The summed E-state index contributed by atoms with van der Waals surface area (Å²) in [5.41, 5.74) is 0.555. The third kappa shape index (κ3) is 3.49. The SMILES string of the molecule is COc1cc(F)c([N+](=O)[O-])c(NCCc2nc3ccc(F)cc3[nH]2)c1. The first kappa shape index (κ1) is 16.6. The largest absolute Gasteiger partial charge is 0.497 e. The highest BCUT2D eigenvalue weighted by molar-refractivity contribution is 5.75. The minimum Gasteiger partial charge on any atom is -0.497 e. The van der Waals surface area contributed by atoms with Crippen molar-refractivity contribution in [2.24, 2.45) is 0 Å². The van der Waals surface area contributed by atoms with Gasteiger partial charge in [-0.1, -0.05) is 0 Å². The van der Waals surface area contributed by atoms with Gasteiger partial charge < -0.3 is 15.0 Å². The molecule has 0 atom stereocenters. The van der Waals surface area contributed by atoms with Crippen molar-refractivity contribution in [3.63, 3.8) is 0 Å². The monoisotopic (exact) mass is 348 g/mol. The summed E-state index contributed by atoms with van der Waals surface area (Å²) in [6.45, 7) is 0.260. The van der Waals surface area contributed by atoms with Gasteiger partial charge in [0.05, 0.1) is 23.1 Å². The van der Waals surface area contributed by atoms with E-state index >= 15 is 0 Å². The van der Waals surface area contributed by atoms with Gasteiger partial charge in [-0.15, -0.1) is 0 Å². The quantitative estimate of drug-likeness (QED) is 0.526. The van der Waals surface area contributed by atoms with Gasteiger partial charge in [-0.3, -0.25) is 10.1 Å². The number of halogens is 2. The summed E-state index contributed by atoms with van der Waals surface area (Å²) in [4.78, 5) is 17.5. The fourth-order valence-corrected chi connectivity index (χ4v) is 2.48. The zero-order valence-electron chi connectivity index (χ0n) is 13.2. The molecule has 0 amide bonds. The summed E-state index contributed by atoms with van der Waals surface area (Å²) in [6.07, 6.45) is 0.381. The molecule has 0 saturated carbocycles. The van der Waals surface area contributed by atoms with E-state index < -0.39 is 16.4 Å². The Labute approximate surface area is 140 Å². The maximum Gasteiger partial charge on any atom is 0.327 e. The van der Waals surface area contributed by atoms with E-state index in [1.54, 1.807) is 6.07 Å². The van der Waals surface area contributed by atoms with Crippen molar-refractivity contribution in [3.05, 3.63) is 57.9 Å². The number of aromatic nitrogens is 2. The number of aromatic amines is 1. The van der Waals surface area contributed by atoms with Crippen LogP contribution in [0.15, 0.2) is 30.3 Å². The minimum atomic E-state index is -0.980. The van der Waals surface area contributed by atoms with E-state index in [0.29, 0.717) is 23.3 Å². The van der Waals surface area contributed by atoms with Crippen molar-refractivity contribution < 1.29 is 18.4 Å². The van der Waals surface area contributed by atoms with Gasteiger partial charge in [0.2, 0.25) is 5.82 Å². The zero-order valence-corrected chi connectivity index (χ0v) is 13.2. The minimum absolute atomic E-state index is 0.0176. The van der Waals surface area contributed by atoms with E-state index in [2.05, 4.69) is 15.3 Å². The first-order chi connectivity index (χ1) is 12.0. The molecule has 2 aromatic carbocycles. The molecular formula is C16H14F2N4O3. The van der Waals surface area contributed by atoms with E-state index in [4.69, 9.17) is 4.74 Å². The van der Waals surface area contributed by atoms with Crippen LogP contribution in [0.25, 0.3) is 11.0 Å². The smallest absolute Gasteiger partial charge is 0.327 e. The molecule has 7 nitrogen and oxygen atoms in total. The number of hydrogen-bond donors (Lipinski definition) is 2. The molecular weight excluding hydrogens is 334 g/mol. The fraction of sp³-hybridized carbons (Fsp3) is 0.188. The Balaban J connectivity index is 1.76. The molecule has 25 heavy (non-hydrogen) atoms. The van der Waals surface area contributed by atoms with Gasteiger partial charge in [-0.2, -0.15) is 4.39 Å². The summed E-state index contributed by atoms with van der Waals surface area (Å²) < 4.78 is 32.0. The van der Waals surface area contributed by atoms with Crippen molar-refractivity contribution in [2.75, 3.05) is 19.0 Å². The third-order valence-electron chi connectivity index (χ3n) is 3.63. The lowest BCUT2D eigenvalue weighted by Crippen LogP contribution is -2.09. The Morgan fingerprint density at radius 1 is 1.32 bits per heavy atom. The van der Waals surface area contributed by atoms with E-state index in [9.17, 15) is 18.9 Å². The maximum absolute atomic E-state index is 13.9. The molecule has 3 rings (SSSR count).